The van der Waals surface area contributed by atoms with Crippen molar-refractivity contribution < 1.29 is 9.18 Å². The van der Waals surface area contributed by atoms with E-state index in [0.717, 1.165) is 28.0 Å². The van der Waals surface area contributed by atoms with Crippen LogP contribution in [-0.2, 0) is 11.3 Å². The first kappa shape index (κ1) is 18.6. The molecule has 142 valence electrons. The summed E-state index contributed by atoms with van der Waals surface area (Å²) < 4.78 is 15.3. The Morgan fingerprint density at radius 2 is 1.75 bits per heavy atom. The zero-order chi connectivity index (χ0) is 19.7. The van der Waals surface area contributed by atoms with Gasteiger partial charge in [-0.05, 0) is 62.4 Å². The van der Waals surface area contributed by atoms with Gasteiger partial charge in [-0.3, -0.25) is 4.79 Å². The second-order valence-electron chi connectivity index (χ2n) is 6.70. The Hall–Kier alpha value is -2.79. The average Bonchev–Trinajstić information content (AvgIpc) is 3.02. The molecule has 0 aliphatic rings. The number of aromatic nitrogens is 1. The number of nitrogens with one attached hydrogen (secondary N) is 1. The van der Waals surface area contributed by atoms with Crippen molar-refractivity contribution in [2.45, 2.75) is 30.5 Å². The molecule has 1 aromatic heterocycles. The van der Waals surface area contributed by atoms with Crippen LogP contribution in [0.4, 0.5) is 10.1 Å². The molecule has 0 unspecified atom stereocenters. The highest BCUT2D eigenvalue weighted by Crippen LogP contribution is 2.31. The van der Waals surface area contributed by atoms with Crippen LogP contribution in [0.1, 0.15) is 13.8 Å². The van der Waals surface area contributed by atoms with E-state index in [1.807, 2.05) is 31.2 Å². The van der Waals surface area contributed by atoms with Crippen LogP contribution in [0, 0.1) is 5.82 Å². The lowest BCUT2D eigenvalue weighted by molar-refractivity contribution is -0.115. The number of thioether (sulfide) groups is 1. The molecule has 5 heteroatoms. The number of halogens is 1. The number of aryl methyl sites for hydroxylation is 1. The zero-order valence-electron chi connectivity index (χ0n) is 15.8. The van der Waals surface area contributed by atoms with Gasteiger partial charge in [-0.25, -0.2) is 4.39 Å². The molecule has 0 saturated carbocycles. The average molecular weight is 392 g/mol. The quantitative estimate of drug-likeness (QED) is 0.418. The van der Waals surface area contributed by atoms with Gasteiger partial charge in [-0.15, -0.1) is 11.8 Å². The highest BCUT2D eigenvalue weighted by atomic mass is 32.2. The predicted molar refractivity (Wildman–Crippen MR) is 115 cm³/mol. The van der Waals surface area contributed by atoms with Gasteiger partial charge in [-0.2, -0.15) is 0 Å². The highest BCUT2D eigenvalue weighted by Gasteiger charge is 2.16. The number of hydrogen-bond acceptors (Lipinski definition) is 2. The maximum atomic E-state index is 13.0. The van der Waals surface area contributed by atoms with E-state index < -0.39 is 0 Å². The van der Waals surface area contributed by atoms with Crippen molar-refractivity contribution in [2.24, 2.45) is 0 Å². The number of amides is 1. The molecule has 1 heterocycles. The third-order valence-corrected chi connectivity index (χ3v) is 5.96. The second kappa shape index (κ2) is 7.68. The minimum absolute atomic E-state index is 0.0760. The van der Waals surface area contributed by atoms with Gasteiger partial charge in [0.25, 0.3) is 0 Å². The molecule has 4 rings (SSSR count). The van der Waals surface area contributed by atoms with Gasteiger partial charge in [0, 0.05) is 38.9 Å². The molecule has 3 nitrogen and oxygen atoms in total. The van der Waals surface area contributed by atoms with Crippen LogP contribution in [0.2, 0.25) is 0 Å². The Kier molecular flexibility index (Phi) is 5.09. The van der Waals surface area contributed by atoms with Gasteiger partial charge in [0.05, 0.1) is 5.25 Å². The lowest BCUT2D eigenvalue weighted by atomic mass is 10.1. The fraction of sp³-hybridized carbons (Fsp3) is 0.174. The third-order valence-electron chi connectivity index (χ3n) is 4.85. The molecule has 1 amide bonds. The molecule has 0 spiro atoms. The summed E-state index contributed by atoms with van der Waals surface area (Å²) >= 11 is 1.41. The second-order valence-corrected chi connectivity index (χ2v) is 8.11. The summed E-state index contributed by atoms with van der Waals surface area (Å²) in [5.41, 5.74) is 3.14. The van der Waals surface area contributed by atoms with Crippen molar-refractivity contribution in [3.8, 4) is 0 Å². The van der Waals surface area contributed by atoms with E-state index in [0.29, 0.717) is 0 Å². The van der Waals surface area contributed by atoms with Crippen LogP contribution in [-0.4, -0.2) is 15.7 Å². The number of para-hydroxylation sites is 1. The standard InChI is InChI=1S/C23H21FN2OS/c1-3-26-21-7-5-4-6-19(21)20-14-17(10-13-22(20)26)25-23(27)15(2)28-18-11-8-16(24)9-12-18/h4-15H,3H2,1-2H3,(H,25,27)/t15-/m0/s1. The minimum Gasteiger partial charge on any atom is -0.341 e. The molecule has 1 atom stereocenters. The lowest BCUT2D eigenvalue weighted by Crippen LogP contribution is -2.22. The molecule has 0 aliphatic heterocycles. The molecule has 3 aromatic carbocycles. The third kappa shape index (κ3) is 3.50. The lowest BCUT2D eigenvalue weighted by Gasteiger charge is -2.12. The van der Waals surface area contributed by atoms with Crippen molar-refractivity contribution in [1.29, 1.82) is 0 Å². The summed E-state index contributed by atoms with van der Waals surface area (Å²) in [6.07, 6.45) is 0. The van der Waals surface area contributed by atoms with E-state index in [9.17, 15) is 9.18 Å². The van der Waals surface area contributed by atoms with Crippen molar-refractivity contribution in [3.05, 3.63) is 72.5 Å². The fourth-order valence-electron chi connectivity index (χ4n) is 3.49. The summed E-state index contributed by atoms with van der Waals surface area (Å²) in [7, 11) is 0. The fourth-order valence-corrected chi connectivity index (χ4v) is 4.35. The van der Waals surface area contributed by atoms with Crippen molar-refractivity contribution >= 4 is 45.2 Å². The van der Waals surface area contributed by atoms with Crippen LogP contribution in [0.5, 0.6) is 0 Å². The molecular formula is C23H21FN2OS. The molecule has 0 saturated heterocycles. The van der Waals surface area contributed by atoms with Gasteiger partial charge in [0.2, 0.25) is 5.91 Å². The van der Waals surface area contributed by atoms with Crippen LogP contribution >= 0.6 is 11.8 Å². The maximum Gasteiger partial charge on any atom is 0.237 e. The van der Waals surface area contributed by atoms with Gasteiger partial charge >= 0.3 is 0 Å². The van der Waals surface area contributed by atoms with Crippen molar-refractivity contribution in [3.63, 3.8) is 0 Å². The molecule has 0 aliphatic carbocycles. The van der Waals surface area contributed by atoms with Crippen molar-refractivity contribution in [1.82, 2.24) is 4.57 Å². The van der Waals surface area contributed by atoms with Gasteiger partial charge in [-0.1, -0.05) is 18.2 Å². The molecule has 0 fully saturated rings. The van der Waals surface area contributed by atoms with Crippen LogP contribution < -0.4 is 5.32 Å². The molecule has 28 heavy (non-hydrogen) atoms. The summed E-state index contributed by atoms with van der Waals surface area (Å²) in [5, 5.41) is 5.04. The molecule has 0 radical (unpaired) electrons. The Morgan fingerprint density at radius 3 is 2.50 bits per heavy atom. The Bertz CT molecular complexity index is 1150. The van der Waals surface area contributed by atoms with Crippen LogP contribution in [0.25, 0.3) is 21.8 Å². The van der Waals surface area contributed by atoms with Crippen LogP contribution in [0.3, 0.4) is 0 Å². The van der Waals surface area contributed by atoms with Gasteiger partial charge < -0.3 is 9.88 Å². The summed E-state index contributed by atoms with van der Waals surface area (Å²) in [5.74, 6) is -0.353. The number of hydrogen-bond donors (Lipinski definition) is 1. The number of benzene rings is 3. The zero-order valence-corrected chi connectivity index (χ0v) is 16.6. The Labute approximate surface area is 167 Å². The smallest absolute Gasteiger partial charge is 0.237 e. The monoisotopic (exact) mass is 392 g/mol. The summed E-state index contributed by atoms with van der Waals surface area (Å²) in [4.78, 5) is 13.5. The van der Waals surface area contributed by atoms with E-state index in [-0.39, 0.29) is 17.0 Å². The Morgan fingerprint density at radius 1 is 1.04 bits per heavy atom. The normalized spacial score (nSPS) is 12.4. The molecule has 1 N–H and O–H groups in total. The SMILES string of the molecule is CCn1c2ccccc2c2cc(NC(=O)[C@H](C)Sc3ccc(F)cc3)ccc21. The largest absolute Gasteiger partial charge is 0.341 e. The van der Waals surface area contributed by atoms with E-state index in [2.05, 4.69) is 35.0 Å². The van der Waals surface area contributed by atoms with Crippen LogP contribution in [0.15, 0.2) is 71.6 Å². The number of anilines is 1. The predicted octanol–water partition coefficient (Wildman–Crippen LogP) is 6.07. The van der Waals surface area contributed by atoms with E-state index in [4.69, 9.17) is 0 Å². The van der Waals surface area contributed by atoms with Crippen molar-refractivity contribution in [2.75, 3.05) is 5.32 Å². The topological polar surface area (TPSA) is 34.0 Å². The van der Waals surface area contributed by atoms with Gasteiger partial charge in [0.1, 0.15) is 5.82 Å². The minimum atomic E-state index is -0.293. The van der Waals surface area contributed by atoms with Gasteiger partial charge in [0.15, 0.2) is 0 Å². The number of rotatable bonds is 5. The van der Waals surface area contributed by atoms with E-state index >= 15 is 0 Å². The van der Waals surface area contributed by atoms with E-state index in [1.165, 1.54) is 34.8 Å². The first-order valence-electron chi connectivity index (χ1n) is 9.31. The highest BCUT2D eigenvalue weighted by molar-refractivity contribution is 8.00. The maximum absolute atomic E-state index is 13.0. The number of fused-ring (bicyclic) bond motifs is 3. The summed E-state index contributed by atoms with van der Waals surface area (Å²) in [6.45, 7) is 4.88. The molecule has 0 bridgehead atoms. The van der Waals surface area contributed by atoms with E-state index in [1.54, 1.807) is 12.1 Å². The summed E-state index contributed by atoms with van der Waals surface area (Å²) in [6, 6.07) is 20.6. The first-order chi connectivity index (χ1) is 13.6. The molecular weight excluding hydrogens is 371 g/mol. The number of nitrogens with zero attached hydrogens (tertiary/aromatic N) is 1. The number of carbonyl (C=O) groups is 1. The number of carbonyl (C=O) groups excluding carboxylic acids is 1. The Balaban J connectivity index is 1.58. The first-order valence-corrected chi connectivity index (χ1v) is 10.2. The molecule has 4 aromatic rings.